The summed E-state index contributed by atoms with van der Waals surface area (Å²) < 4.78 is 11.0. The molecule has 0 bridgehead atoms. The molecule has 1 fully saturated rings. The van der Waals surface area contributed by atoms with Crippen molar-refractivity contribution in [2.45, 2.75) is 45.4 Å². The van der Waals surface area contributed by atoms with E-state index in [0.29, 0.717) is 30.9 Å². The van der Waals surface area contributed by atoms with Gasteiger partial charge in [-0.2, -0.15) is 0 Å². The number of aromatic nitrogens is 1. The Kier molecular flexibility index (Phi) is 6.57. The molecule has 1 aliphatic heterocycles. The third kappa shape index (κ3) is 4.35. The number of methoxy groups -OCH3 is 1. The van der Waals surface area contributed by atoms with Crippen LogP contribution in [0.4, 0.5) is 0 Å². The number of benzene rings is 2. The summed E-state index contributed by atoms with van der Waals surface area (Å²) in [4.78, 5) is 31.7. The van der Waals surface area contributed by atoms with Gasteiger partial charge in [-0.1, -0.05) is 44.2 Å². The number of esters is 1. The van der Waals surface area contributed by atoms with Gasteiger partial charge in [0.1, 0.15) is 23.9 Å². The minimum Gasteiger partial charge on any atom is -0.489 e. The van der Waals surface area contributed by atoms with E-state index in [1.165, 1.54) is 7.11 Å². The lowest BCUT2D eigenvalue weighted by Gasteiger charge is -2.30. The number of hydrogen-bond donors (Lipinski definition) is 1. The molecule has 2 aromatic carbocycles. The minimum atomic E-state index is -1.18. The van der Waals surface area contributed by atoms with Crippen molar-refractivity contribution in [3.05, 3.63) is 71.4 Å². The van der Waals surface area contributed by atoms with Gasteiger partial charge >= 0.3 is 5.97 Å². The molecule has 4 rings (SSSR count). The first-order valence-electron chi connectivity index (χ1n) is 11.5. The fourth-order valence-corrected chi connectivity index (χ4v) is 4.70. The van der Waals surface area contributed by atoms with Gasteiger partial charge in [0.25, 0.3) is 0 Å². The zero-order valence-electron chi connectivity index (χ0n) is 20.1. The molecule has 1 amide bonds. The molecular weight excluding hydrogens is 430 g/mol. The predicted octanol–water partition coefficient (Wildman–Crippen LogP) is 3.71. The van der Waals surface area contributed by atoms with E-state index in [1.54, 1.807) is 4.90 Å². The smallest absolute Gasteiger partial charge is 0.328 e. The van der Waals surface area contributed by atoms with Crippen LogP contribution in [0, 0.1) is 12.8 Å². The fraction of sp³-hybridized carbons (Fsp3) is 0.370. The van der Waals surface area contributed by atoms with Crippen LogP contribution < -0.4 is 10.5 Å². The van der Waals surface area contributed by atoms with E-state index in [0.717, 1.165) is 22.2 Å². The lowest BCUT2D eigenvalue weighted by Crippen LogP contribution is -2.51. The highest BCUT2D eigenvalue weighted by atomic mass is 16.5. The number of para-hydroxylation sites is 1. The van der Waals surface area contributed by atoms with E-state index in [-0.39, 0.29) is 11.8 Å². The fourth-order valence-electron chi connectivity index (χ4n) is 4.70. The summed E-state index contributed by atoms with van der Waals surface area (Å²) in [7, 11) is 1.34. The van der Waals surface area contributed by atoms with Gasteiger partial charge in [-0.15, -0.1) is 0 Å². The van der Waals surface area contributed by atoms with Crippen molar-refractivity contribution < 1.29 is 19.1 Å². The molecule has 2 atom stereocenters. The number of aryl methyl sites for hydroxylation is 1. The monoisotopic (exact) mass is 461 g/mol. The summed E-state index contributed by atoms with van der Waals surface area (Å²) in [6, 6.07) is 16.7. The number of hydrogen-bond acceptors (Lipinski definition) is 6. The van der Waals surface area contributed by atoms with Gasteiger partial charge in [0.2, 0.25) is 5.91 Å². The first-order valence-corrected chi connectivity index (χ1v) is 11.5. The van der Waals surface area contributed by atoms with Crippen LogP contribution in [-0.4, -0.2) is 41.5 Å². The number of nitrogens with two attached hydrogens (primary N) is 1. The molecule has 3 aromatic rings. The Bertz CT molecular complexity index is 1210. The average Bonchev–Trinajstić information content (AvgIpc) is 3.12. The zero-order valence-corrected chi connectivity index (χ0v) is 20.1. The zero-order chi connectivity index (χ0) is 24.5. The second-order valence-electron chi connectivity index (χ2n) is 9.18. The summed E-state index contributed by atoms with van der Waals surface area (Å²) >= 11 is 0. The van der Waals surface area contributed by atoms with E-state index in [2.05, 4.69) is 4.98 Å². The van der Waals surface area contributed by atoms with Crippen molar-refractivity contribution in [2.75, 3.05) is 13.7 Å². The number of nitrogens with zero attached hydrogens (tertiary/aromatic N) is 2. The first-order chi connectivity index (χ1) is 16.2. The normalized spacial score (nSPS) is 19.0. The maximum absolute atomic E-state index is 13.3. The van der Waals surface area contributed by atoms with Gasteiger partial charge in [-0.3, -0.25) is 9.78 Å². The molecule has 178 valence electrons. The second kappa shape index (κ2) is 9.43. The number of rotatable bonds is 7. The Morgan fingerprint density at radius 2 is 1.88 bits per heavy atom. The van der Waals surface area contributed by atoms with Gasteiger partial charge in [0.05, 0.1) is 12.6 Å². The van der Waals surface area contributed by atoms with Crippen LogP contribution in [0.1, 0.15) is 37.1 Å². The molecular formula is C27H31N3O4. The van der Waals surface area contributed by atoms with Crippen LogP contribution in [0.15, 0.2) is 54.6 Å². The number of carbonyl (C=O) groups is 2. The Morgan fingerprint density at radius 3 is 2.56 bits per heavy atom. The van der Waals surface area contributed by atoms with E-state index in [9.17, 15) is 9.59 Å². The summed E-state index contributed by atoms with van der Waals surface area (Å²) in [6.45, 7) is 6.56. The number of fused-ring (bicyclic) bond motifs is 1. The first kappa shape index (κ1) is 23.7. The SMILES string of the molecule is COC(=O)[C@H](C(C)C)N1CC[C@@](N)(c2ccc(OCc3cc(C)nc4ccccc34)cc2)C1=O. The Morgan fingerprint density at radius 1 is 1.18 bits per heavy atom. The van der Waals surface area contributed by atoms with Crippen molar-refractivity contribution in [3.63, 3.8) is 0 Å². The van der Waals surface area contributed by atoms with Gasteiger partial charge in [0, 0.05) is 23.2 Å². The molecule has 0 spiro atoms. The van der Waals surface area contributed by atoms with Crippen molar-refractivity contribution >= 4 is 22.8 Å². The van der Waals surface area contributed by atoms with E-state index >= 15 is 0 Å². The second-order valence-corrected chi connectivity index (χ2v) is 9.18. The maximum atomic E-state index is 13.3. The molecule has 7 nitrogen and oxygen atoms in total. The number of likely N-dealkylation sites (tertiary alicyclic amines) is 1. The summed E-state index contributed by atoms with van der Waals surface area (Å²) in [5, 5.41) is 1.06. The highest BCUT2D eigenvalue weighted by molar-refractivity contribution is 5.93. The Balaban J connectivity index is 1.50. The molecule has 34 heavy (non-hydrogen) atoms. The van der Waals surface area contributed by atoms with Crippen molar-refractivity contribution in [2.24, 2.45) is 11.7 Å². The Hall–Kier alpha value is -3.45. The lowest BCUT2D eigenvalue weighted by atomic mass is 9.89. The number of amides is 1. The van der Waals surface area contributed by atoms with Crippen LogP contribution in [0.3, 0.4) is 0 Å². The topological polar surface area (TPSA) is 94.8 Å². The van der Waals surface area contributed by atoms with Gasteiger partial charge in [-0.25, -0.2) is 4.79 Å². The van der Waals surface area contributed by atoms with Crippen LogP contribution in [0.2, 0.25) is 0 Å². The van der Waals surface area contributed by atoms with Crippen LogP contribution in [-0.2, 0) is 26.5 Å². The number of pyridine rings is 1. The highest BCUT2D eigenvalue weighted by Crippen LogP contribution is 2.34. The standard InChI is InChI=1S/C27H31N3O4/c1-17(2)24(25(31)33-4)30-14-13-27(28,26(30)32)20-9-11-21(12-10-20)34-16-19-15-18(3)29-23-8-6-5-7-22(19)23/h5-12,15,17,24H,13-14,16,28H2,1-4H3/t24-,27+/m0/s1. The van der Waals surface area contributed by atoms with Crippen LogP contribution in [0.25, 0.3) is 10.9 Å². The quantitative estimate of drug-likeness (QED) is 0.539. The molecule has 0 radical (unpaired) electrons. The van der Waals surface area contributed by atoms with Crippen molar-refractivity contribution in [1.29, 1.82) is 0 Å². The highest BCUT2D eigenvalue weighted by Gasteiger charge is 2.49. The Labute approximate surface area is 199 Å². The average molecular weight is 462 g/mol. The molecule has 0 aliphatic carbocycles. The molecule has 0 saturated carbocycles. The lowest BCUT2D eigenvalue weighted by molar-refractivity contribution is -0.154. The molecule has 7 heteroatoms. The van der Waals surface area contributed by atoms with Crippen LogP contribution >= 0.6 is 0 Å². The molecule has 2 N–H and O–H groups in total. The van der Waals surface area contributed by atoms with Crippen LogP contribution in [0.5, 0.6) is 5.75 Å². The number of carbonyl (C=O) groups excluding carboxylic acids is 2. The largest absolute Gasteiger partial charge is 0.489 e. The van der Waals surface area contributed by atoms with Gasteiger partial charge in [0.15, 0.2) is 0 Å². The van der Waals surface area contributed by atoms with Gasteiger partial charge < -0.3 is 20.1 Å². The minimum absolute atomic E-state index is 0.0811. The summed E-state index contributed by atoms with van der Waals surface area (Å²) in [5.74, 6) is -0.0792. The van der Waals surface area contributed by atoms with Crippen molar-refractivity contribution in [1.82, 2.24) is 9.88 Å². The third-order valence-corrected chi connectivity index (χ3v) is 6.49. The molecule has 1 aromatic heterocycles. The third-order valence-electron chi connectivity index (χ3n) is 6.49. The summed E-state index contributed by atoms with van der Waals surface area (Å²) in [6.07, 6.45) is 0.425. The van der Waals surface area contributed by atoms with Crippen molar-refractivity contribution in [3.8, 4) is 5.75 Å². The molecule has 2 heterocycles. The van der Waals surface area contributed by atoms with Gasteiger partial charge in [-0.05, 0) is 49.1 Å². The van der Waals surface area contributed by atoms with E-state index < -0.39 is 17.6 Å². The maximum Gasteiger partial charge on any atom is 0.328 e. The molecule has 0 unspecified atom stereocenters. The van der Waals surface area contributed by atoms with E-state index in [1.807, 2.05) is 75.4 Å². The molecule has 1 aliphatic rings. The number of ether oxygens (including phenoxy) is 2. The summed E-state index contributed by atoms with van der Waals surface area (Å²) in [5.41, 5.74) is 9.06. The predicted molar refractivity (Wildman–Crippen MR) is 130 cm³/mol. The van der Waals surface area contributed by atoms with E-state index in [4.69, 9.17) is 15.2 Å². The molecule has 1 saturated heterocycles.